The van der Waals surface area contributed by atoms with Gasteiger partial charge in [0.1, 0.15) is 5.75 Å². The van der Waals surface area contributed by atoms with Gasteiger partial charge in [0, 0.05) is 62.0 Å². The lowest BCUT2D eigenvalue weighted by molar-refractivity contribution is -0.145. The maximum atomic E-state index is 13.7. The van der Waals surface area contributed by atoms with Crippen LogP contribution in [-0.4, -0.2) is 58.4 Å². The molecule has 1 unspecified atom stereocenters. The van der Waals surface area contributed by atoms with Crippen molar-refractivity contribution in [2.45, 2.75) is 31.0 Å². The van der Waals surface area contributed by atoms with E-state index in [4.69, 9.17) is 4.74 Å². The summed E-state index contributed by atoms with van der Waals surface area (Å²) in [6, 6.07) is 6.00. The Morgan fingerprint density at radius 3 is 2.46 bits per heavy atom. The van der Waals surface area contributed by atoms with Gasteiger partial charge in [-0.15, -0.1) is 0 Å². The van der Waals surface area contributed by atoms with Crippen molar-refractivity contribution in [1.82, 2.24) is 25.2 Å². The standard InChI is InChI=1S/C23H22F5N5O2/c1-35-18-5-4-16-15(3-2-8-29-16)19(18)20(34)30-13-17(33-9-6-22(24,25)7-10-33)14-11-31-21(32-12-14)23(26,27)28/h2-5,8,11-12,17H,6-7,9-10,13H2,1H3,(H,30,34). The second-order valence-corrected chi connectivity index (χ2v) is 8.17. The number of methoxy groups -OCH3 is 1. The highest BCUT2D eigenvalue weighted by molar-refractivity contribution is 6.08. The molecule has 1 saturated heterocycles. The van der Waals surface area contributed by atoms with Crippen LogP contribution in [0.1, 0.15) is 40.6 Å². The third-order valence-electron chi connectivity index (χ3n) is 5.93. The fraction of sp³-hybridized carbons (Fsp3) is 0.391. The Balaban J connectivity index is 1.61. The summed E-state index contributed by atoms with van der Waals surface area (Å²) < 4.78 is 71.5. The van der Waals surface area contributed by atoms with Crippen LogP contribution in [-0.2, 0) is 6.18 Å². The maximum absolute atomic E-state index is 13.7. The first-order valence-corrected chi connectivity index (χ1v) is 10.8. The Labute approximate surface area is 197 Å². The molecule has 0 radical (unpaired) electrons. The summed E-state index contributed by atoms with van der Waals surface area (Å²) in [5, 5.41) is 3.33. The summed E-state index contributed by atoms with van der Waals surface area (Å²) in [4.78, 5) is 25.9. The molecule has 1 aromatic carbocycles. The average Bonchev–Trinajstić information content (AvgIpc) is 2.83. The molecule has 0 bridgehead atoms. The number of amides is 1. The molecule has 1 aliphatic rings. The predicted molar refractivity (Wildman–Crippen MR) is 116 cm³/mol. The van der Waals surface area contributed by atoms with E-state index < -0.39 is 42.7 Å². The molecule has 3 aromatic rings. The van der Waals surface area contributed by atoms with Crippen molar-refractivity contribution >= 4 is 16.8 Å². The van der Waals surface area contributed by atoms with Gasteiger partial charge < -0.3 is 10.1 Å². The summed E-state index contributed by atoms with van der Waals surface area (Å²) in [7, 11) is 1.42. The number of ether oxygens (including phenoxy) is 1. The number of piperidine rings is 1. The summed E-state index contributed by atoms with van der Waals surface area (Å²) in [5.41, 5.74) is 1.09. The van der Waals surface area contributed by atoms with E-state index in [0.717, 1.165) is 12.4 Å². The van der Waals surface area contributed by atoms with Crippen LogP contribution in [0.15, 0.2) is 42.9 Å². The second kappa shape index (κ2) is 9.68. The minimum absolute atomic E-state index is 0.00390. The van der Waals surface area contributed by atoms with Gasteiger partial charge in [-0.05, 0) is 18.2 Å². The number of carbonyl (C=O) groups is 1. The Bertz CT molecular complexity index is 1190. The van der Waals surface area contributed by atoms with Crippen LogP contribution in [0.3, 0.4) is 0 Å². The second-order valence-electron chi connectivity index (χ2n) is 8.17. The number of hydrogen-bond donors (Lipinski definition) is 1. The number of halogens is 5. The fourth-order valence-electron chi connectivity index (χ4n) is 4.09. The summed E-state index contributed by atoms with van der Waals surface area (Å²) in [5.74, 6) is -4.30. The highest BCUT2D eigenvalue weighted by Gasteiger charge is 2.38. The Kier molecular flexibility index (Phi) is 6.84. The van der Waals surface area contributed by atoms with Crippen LogP contribution in [0, 0.1) is 0 Å². The van der Waals surface area contributed by atoms with Gasteiger partial charge in [-0.25, -0.2) is 18.7 Å². The number of nitrogens with zero attached hydrogens (tertiary/aromatic N) is 4. The molecule has 1 aliphatic heterocycles. The number of alkyl halides is 5. The van der Waals surface area contributed by atoms with Gasteiger partial charge in [0.25, 0.3) is 11.8 Å². The molecular formula is C23H22F5N5O2. The molecular weight excluding hydrogens is 473 g/mol. The lowest BCUT2D eigenvalue weighted by Crippen LogP contribution is -2.45. The molecule has 1 N–H and O–H groups in total. The van der Waals surface area contributed by atoms with E-state index in [2.05, 4.69) is 20.3 Å². The maximum Gasteiger partial charge on any atom is 0.451 e. The molecule has 1 atom stereocenters. The number of hydrogen-bond acceptors (Lipinski definition) is 6. The number of pyridine rings is 1. The van der Waals surface area contributed by atoms with Gasteiger partial charge >= 0.3 is 6.18 Å². The van der Waals surface area contributed by atoms with Crippen molar-refractivity contribution in [3.05, 3.63) is 59.8 Å². The highest BCUT2D eigenvalue weighted by Crippen LogP contribution is 2.33. The number of nitrogens with one attached hydrogen (secondary N) is 1. The number of aromatic nitrogens is 3. The predicted octanol–water partition coefficient (Wildman–Crippen LogP) is 4.25. The van der Waals surface area contributed by atoms with Crippen molar-refractivity contribution in [2.24, 2.45) is 0 Å². The number of likely N-dealkylation sites (tertiary alicyclic amines) is 1. The van der Waals surface area contributed by atoms with E-state index in [9.17, 15) is 26.7 Å². The van der Waals surface area contributed by atoms with E-state index >= 15 is 0 Å². The van der Waals surface area contributed by atoms with E-state index in [-0.39, 0.29) is 30.8 Å². The van der Waals surface area contributed by atoms with Crippen molar-refractivity contribution in [3.63, 3.8) is 0 Å². The fourth-order valence-corrected chi connectivity index (χ4v) is 4.09. The van der Waals surface area contributed by atoms with Gasteiger partial charge in [-0.3, -0.25) is 14.7 Å². The minimum Gasteiger partial charge on any atom is -0.496 e. The third-order valence-corrected chi connectivity index (χ3v) is 5.93. The smallest absolute Gasteiger partial charge is 0.451 e. The number of carbonyl (C=O) groups excluding carboxylic acids is 1. The first kappa shape index (κ1) is 24.7. The van der Waals surface area contributed by atoms with Gasteiger partial charge in [0.2, 0.25) is 5.82 Å². The summed E-state index contributed by atoms with van der Waals surface area (Å²) in [6.45, 7) is -0.0783. The van der Waals surface area contributed by atoms with Crippen LogP contribution in [0.5, 0.6) is 5.75 Å². The molecule has 1 fully saturated rings. The quantitative estimate of drug-likeness (QED) is 0.515. The molecule has 3 heterocycles. The number of rotatable bonds is 6. The van der Waals surface area contributed by atoms with Crippen LogP contribution < -0.4 is 10.1 Å². The minimum atomic E-state index is -4.71. The van der Waals surface area contributed by atoms with Crippen molar-refractivity contribution in [1.29, 1.82) is 0 Å². The summed E-state index contributed by atoms with van der Waals surface area (Å²) in [6.07, 6.45) is -1.90. The van der Waals surface area contributed by atoms with E-state index in [0.29, 0.717) is 16.7 Å². The molecule has 2 aromatic heterocycles. The Morgan fingerprint density at radius 1 is 1.14 bits per heavy atom. The van der Waals surface area contributed by atoms with Crippen LogP contribution >= 0.6 is 0 Å². The third kappa shape index (κ3) is 5.47. The van der Waals surface area contributed by atoms with Gasteiger partial charge in [0.05, 0.1) is 24.2 Å². The van der Waals surface area contributed by atoms with Gasteiger partial charge in [-0.1, -0.05) is 6.07 Å². The van der Waals surface area contributed by atoms with E-state index in [1.165, 1.54) is 7.11 Å². The van der Waals surface area contributed by atoms with E-state index in [1.54, 1.807) is 35.4 Å². The van der Waals surface area contributed by atoms with E-state index in [1.807, 2.05) is 0 Å². The van der Waals surface area contributed by atoms with Crippen molar-refractivity contribution in [3.8, 4) is 5.75 Å². The molecule has 12 heteroatoms. The van der Waals surface area contributed by atoms with Crippen LogP contribution in [0.25, 0.3) is 10.9 Å². The van der Waals surface area contributed by atoms with Gasteiger partial charge in [0.15, 0.2) is 0 Å². The molecule has 35 heavy (non-hydrogen) atoms. The molecule has 186 valence electrons. The first-order valence-electron chi connectivity index (χ1n) is 10.8. The topological polar surface area (TPSA) is 80.2 Å². The molecule has 0 spiro atoms. The largest absolute Gasteiger partial charge is 0.496 e. The molecule has 1 amide bonds. The van der Waals surface area contributed by atoms with Crippen LogP contribution in [0.2, 0.25) is 0 Å². The Hall–Kier alpha value is -3.41. The molecule has 4 rings (SSSR count). The zero-order valence-electron chi connectivity index (χ0n) is 18.6. The highest BCUT2D eigenvalue weighted by atomic mass is 19.4. The average molecular weight is 495 g/mol. The first-order chi connectivity index (χ1) is 16.6. The molecule has 0 aliphatic carbocycles. The van der Waals surface area contributed by atoms with Gasteiger partial charge in [-0.2, -0.15) is 13.2 Å². The Morgan fingerprint density at radius 2 is 1.83 bits per heavy atom. The zero-order valence-corrected chi connectivity index (χ0v) is 18.6. The molecule has 0 saturated carbocycles. The monoisotopic (exact) mass is 495 g/mol. The SMILES string of the molecule is COc1ccc2ncccc2c1C(=O)NCC(c1cnc(C(F)(F)F)nc1)N1CCC(F)(F)CC1. The summed E-state index contributed by atoms with van der Waals surface area (Å²) >= 11 is 0. The lowest BCUT2D eigenvalue weighted by Gasteiger charge is -2.37. The lowest BCUT2D eigenvalue weighted by atomic mass is 10.0. The van der Waals surface area contributed by atoms with Crippen molar-refractivity contribution in [2.75, 3.05) is 26.7 Å². The van der Waals surface area contributed by atoms with Crippen molar-refractivity contribution < 1.29 is 31.5 Å². The number of benzene rings is 1. The van der Waals surface area contributed by atoms with Crippen LogP contribution in [0.4, 0.5) is 22.0 Å². The normalized spacial score (nSPS) is 17.2. The molecule has 7 nitrogen and oxygen atoms in total. The number of fused-ring (bicyclic) bond motifs is 1. The zero-order chi connectivity index (χ0) is 25.2.